The molecule has 1 atom stereocenters. The van der Waals surface area contributed by atoms with Gasteiger partial charge in [0.25, 0.3) is 0 Å². The predicted molar refractivity (Wildman–Crippen MR) is 49.2 cm³/mol. The Kier molecular flexibility index (Phi) is 1.81. The van der Waals surface area contributed by atoms with Crippen molar-refractivity contribution in [2.45, 2.75) is 17.1 Å². The molecule has 1 aliphatic heterocycles. The fourth-order valence-electron chi connectivity index (χ4n) is 1.09. The molecule has 1 unspecified atom stereocenters. The molecule has 61 valence electrons. The van der Waals surface area contributed by atoms with Crippen LogP contribution in [0, 0.1) is 6.07 Å². The number of nitrogens with one attached hydrogen (secondary N) is 1. The van der Waals surface area contributed by atoms with Crippen LogP contribution < -0.4 is 5.32 Å². The summed E-state index contributed by atoms with van der Waals surface area (Å²) < 4.78 is 0. The summed E-state index contributed by atoms with van der Waals surface area (Å²) in [5.74, 6) is 0.0760. The summed E-state index contributed by atoms with van der Waals surface area (Å²) in [6.07, 6.45) is 0. The van der Waals surface area contributed by atoms with Gasteiger partial charge in [-0.05, 0) is 25.1 Å². The van der Waals surface area contributed by atoms with Crippen molar-refractivity contribution >= 4 is 23.4 Å². The fraction of sp³-hybridized carbons (Fsp3) is 0.222. The van der Waals surface area contributed by atoms with E-state index in [1.165, 1.54) is 0 Å². The van der Waals surface area contributed by atoms with Crippen molar-refractivity contribution < 1.29 is 4.79 Å². The van der Waals surface area contributed by atoms with E-state index in [2.05, 4.69) is 11.4 Å². The second-order valence-electron chi connectivity index (χ2n) is 2.67. The standard InChI is InChI=1S/C9H8NOS/c1-6-9(11)10-7-4-2-3-5-8(7)12-6/h3-6H,1H3,(H,10,11). The lowest BCUT2D eigenvalue weighted by molar-refractivity contribution is -0.115. The number of rotatable bonds is 0. The molecule has 2 rings (SSSR count). The molecule has 0 fully saturated rings. The molecule has 1 radical (unpaired) electrons. The van der Waals surface area contributed by atoms with E-state index in [1.807, 2.05) is 19.1 Å². The zero-order chi connectivity index (χ0) is 8.55. The van der Waals surface area contributed by atoms with Crippen molar-refractivity contribution in [3.05, 3.63) is 24.3 Å². The SMILES string of the molecule is CC1Sc2cc[c]cc2NC1=O. The summed E-state index contributed by atoms with van der Waals surface area (Å²) in [5, 5.41) is 2.83. The maximum atomic E-state index is 11.2. The number of carbonyl (C=O) groups excluding carboxylic acids is 1. The zero-order valence-electron chi connectivity index (χ0n) is 6.63. The first kappa shape index (κ1) is 7.68. The number of amides is 1. The maximum Gasteiger partial charge on any atom is 0.237 e. The Morgan fingerprint density at radius 1 is 1.67 bits per heavy atom. The van der Waals surface area contributed by atoms with Gasteiger partial charge in [0, 0.05) is 4.90 Å². The average molecular weight is 178 g/mol. The van der Waals surface area contributed by atoms with Crippen LogP contribution in [-0.2, 0) is 4.79 Å². The van der Waals surface area contributed by atoms with Crippen molar-refractivity contribution in [2.24, 2.45) is 0 Å². The first-order valence-corrected chi connectivity index (χ1v) is 4.63. The summed E-state index contributed by atoms with van der Waals surface area (Å²) in [6, 6.07) is 8.55. The largest absolute Gasteiger partial charge is 0.324 e. The van der Waals surface area contributed by atoms with E-state index in [0.29, 0.717) is 0 Å². The number of anilines is 1. The molecule has 1 aliphatic rings. The van der Waals surface area contributed by atoms with Gasteiger partial charge in [-0.15, -0.1) is 11.8 Å². The minimum absolute atomic E-state index is 0.0138. The van der Waals surface area contributed by atoms with Gasteiger partial charge in [-0.2, -0.15) is 0 Å². The molecule has 12 heavy (non-hydrogen) atoms. The third kappa shape index (κ3) is 1.20. The third-order valence-electron chi connectivity index (χ3n) is 1.75. The minimum atomic E-state index is 0.0138. The number of hydrogen-bond donors (Lipinski definition) is 1. The van der Waals surface area contributed by atoms with Crippen LogP contribution in [0.15, 0.2) is 23.1 Å². The molecule has 1 N–H and O–H groups in total. The van der Waals surface area contributed by atoms with Gasteiger partial charge >= 0.3 is 0 Å². The zero-order valence-corrected chi connectivity index (χ0v) is 7.44. The predicted octanol–water partition coefficient (Wildman–Crippen LogP) is 1.92. The lowest BCUT2D eigenvalue weighted by Gasteiger charge is -2.20. The summed E-state index contributed by atoms with van der Waals surface area (Å²) >= 11 is 1.59. The Balaban J connectivity index is 2.40. The van der Waals surface area contributed by atoms with E-state index < -0.39 is 0 Å². The average Bonchev–Trinajstić information content (AvgIpc) is 2.07. The highest BCUT2D eigenvalue weighted by atomic mass is 32.2. The van der Waals surface area contributed by atoms with Gasteiger partial charge in [-0.1, -0.05) is 6.07 Å². The third-order valence-corrected chi connectivity index (χ3v) is 2.93. The second kappa shape index (κ2) is 2.83. The molecule has 0 saturated heterocycles. The van der Waals surface area contributed by atoms with Crippen LogP contribution in [0.2, 0.25) is 0 Å². The number of hydrogen-bond acceptors (Lipinski definition) is 2. The summed E-state index contributed by atoms with van der Waals surface area (Å²) in [4.78, 5) is 12.3. The Morgan fingerprint density at radius 3 is 3.33 bits per heavy atom. The van der Waals surface area contributed by atoms with E-state index in [9.17, 15) is 4.79 Å². The highest BCUT2D eigenvalue weighted by molar-refractivity contribution is 8.00. The summed E-state index contributed by atoms with van der Waals surface area (Å²) in [5.41, 5.74) is 0.880. The fourth-order valence-corrected chi connectivity index (χ4v) is 2.03. The van der Waals surface area contributed by atoms with Crippen LogP contribution in [-0.4, -0.2) is 11.2 Å². The molecule has 2 nitrogen and oxygen atoms in total. The highest BCUT2D eigenvalue weighted by Crippen LogP contribution is 2.34. The lowest BCUT2D eigenvalue weighted by atomic mass is 10.3. The first-order valence-electron chi connectivity index (χ1n) is 3.75. The molecule has 0 aromatic heterocycles. The molecule has 3 heteroatoms. The molecule has 0 spiro atoms. The quantitative estimate of drug-likeness (QED) is 0.657. The van der Waals surface area contributed by atoms with Gasteiger partial charge in [-0.25, -0.2) is 0 Å². The highest BCUT2D eigenvalue weighted by Gasteiger charge is 2.21. The molecule has 0 aliphatic carbocycles. The van der Waals surface area contributed by atoms with Gasteiger partial charge in [0.05, 0.1) is 10.9 Å². The number of thioether (sulfide) groups is 1. The van der Waals surface area contributed by atoms with Gasteiger partial charge in [-0.3, -0.25) is 4.79 Å². The molecule has 1 aromatic rings. The monoisotopic (exact) mass is 178 g/mol. The van der Waals surface area contributed by atoms with Crippen molar-refractivity contribution in [1.29, 1.82) is 0 Å². The number of carbonyl (C=O) groups is 1. The van der Waals surface area contributed by atoms with Crippen LogP contribution in [0.3, 0.4) is 0 Å². The second-order valence-corrected chi connectivity index (χ2v) is 4.05. The van der Waals surface area contributed by atoms with Gasteiger partial charge in [0.2, 0.25) is 5.91 Å². The lowest BCUT2D eigenvalue weighted by Crippen LogP contribution is -2.26. The maximum absolute atomic E-state index is 11.2. The van der Waals surface area contributed by atoms with Crippen molar-refractivity contribution in [2.75, 3.05) is 5.32 Å². The van der Waals surface area contributed by atoms with Crippen molar-refractivity contribution in [3.63, 3.8) is 0 Å². The van der Waals surface area contributed by atoms with E-state index in [0.717, 1.165) is 10.6 Å². The van der Waals surface area contributed by atoms with Crippen LogP contribution in [0.25, 0.3) is 0 Å². The van der Waals surface area contributed by atoms with Crippen LogP contribution in [0.5, 0.6) is 0 Å². The molecule has 0 saturated carbocycles. The Morgan fingerprint density at radius 2 is 2.50 bits per heavy atom. The minimum Gasteiger partial charge on any atom is -0.324 e. The van der Waals surface area contributed by atoms with Crippen molar-refractivity contribution in [3.8, 4) is 0 Å². The van der Waals surface area contributed by atoms with Crippen LogP contribution in [0.4, 0.5) is 5.69 Å². The molecule has 1 aromatic carbocycles. The molecule has 1 heterocycles. The Labute approximate surface area is 75.4 Å². The van der Waals surface area contributed by atoms with E-state index >= 15 is 0 Å². The number of benzene rings is 1. The molecular weight excluding hydrogens is 170 g/mol. The van der Waals surface area contributed by atoms with E-state index in [1.54, 1.807) is 17.8 Å². The van der Waals surface area contributed by atoms with Crippen LogP contribution >= 0.6 is 11.8 Å². The smallest absolute Gasteiger partial charge is 0.237 e. The Bertz CT molecular complexity index is 324. The van der Waals surface area contributed by atoms with Crippen LogP contribution in [0.1, 0.15) is 6.92 Å². The topological polar surface area (TPSA) is 29.1 Å². The number of fused-ring (bicyclic) bond motifs is 1. The molecule has 1 amide bonds. The van der Waals surface area contributed by atoms with Gasteiger partial charge in [0.15, 0.2) is 0 Å². The molecular formula is C9H8NOS. The first-order chi connectivity index (χ1) is 5.77. The Hall–Kier alpha value is -0.960. The van der Waals surface area contributed by atoms with Crippen molar-refractivity contribution in [1.82, 2.24) is 0 Å². The summed E-state index contributed by atoms with van der Waals surface area (Å²) in [7, 11) is 0. The normalized spacial score (nSPS) is 21.4. The molecule has 0 bridgehead atoms. The summed E-state index contributed by atoms with van der Waals surface area (Å²) in [6.45, 7) is 1.90. The van der Waals surface area contributed by atoms with E-state index in [4.69, 9.17) is 0 Å². The van der Waals surface area contributed by atoms with Gasteiger partial charge < -0.3 is 5.32 Å². The van der Waals surface area contributed by atoms with E-state index in [-0.39, 0.29) is 11.2 Å². The van der Waals surface area contributed by atoms with Gasteiger partial charge in [0.1, 0.15) is 0 Å².